The number of aliphatic hydroxyl groups excluding tert-OH is 3. The van der Waals surface area contributed by atoms with E-state index < -0.39 is 60.1 Å². The van der Waals surface area contributed by atoms with Crippen molar-refractivity contribution in [2.75, 3.05) is 0 Å². The van der Waals surface area contributed by atoms with Gasteiger partial charge in [-0.2, -0.15) is 0 Å². The Morgan fingerprint density at radius 1 is 0.556 bits per heavy atom. The van der Waals surface area contributed by atoms with Crippen LogP contribution >= 0.6 is 23.5 Å². The molecule has 0 aliphatic heterocycles. The Hall–Kier alpha value is 3.21. The monoisotopic (exact) mass is 486 g/mol. The van der Waals surface area contributed by atoms with Crippen LogP contribution in [0.3, 0.4) is 0 Å². The first-order valence-electron chi connectivity index (χ1n) is 5.72. The predicted molar refractivity (Wildman–Crippen MR) is 62.1 cm³/mol. The quantitative estimate of drug-likeness (QED) is 0.150. The molecule has 144 valence electrons. The maximum absolute atomic E-state index is 10.8. The Kier molecular flexibility index (Phi) is 16.8. The molecular weight excluding hydrogens is 474 g/mol. The molecule has 0 aromatic heterocycles. The van der Waals surface area contributed by atoms with Crippen LogP contribution in [0.2, 0.25) is 0 Å². The molecule has 1 fully saturated rings. The average molecular weight is 486 g/mol. The molecule has 0 radical (unpaired) electrons. The van der Waals surface area contributed by atoms with Crippen molar-refractivity contribution >= 4 is 23.5 Å². The van der Waals surface area contributed by atoms with Crippen LogP contribution in [-0.4, -0.2) is 66.6 Å². The predicted octanol–water partition coefficient (Wildman–Crippen LogP) is -14.4. The van der Waals surface area contributed by atoms with Gasteiger partial charge in [-0.15, -0.1) is 0 Å². The molecule has 0 heterocycles. The molecule has 0 saturated heterocycles. The summed E-state index contributed by atoms with van der Waals surface area (Å²) in [5.74, 6) is 0. The van der Waals surface area contributed by atoms with Gasteiger partial charge in [0.2, 0.25) is 0 Å². The van der Waals surface area contributed by atoms with Gasteiger partial charge in [-0.05, 0) is 0 Å². The minimum absolute atomic E-state index is 0. The van der Waals surface area contributed by atoms with E-state index in [4.69, 9.17) is 14.7 Å². The van der Waals surface area contributed by atoms with Crippen LogP contribution in [0.25, 0.3) is 0 Å². The van der Waals surface area contributed by atoms with Crippen LogP contribution in [0.15, 0.2) is 0 Å². The fourth-order valence-corrected chi connectivity index (χ4v) is 3.66. The summed E-state index contributed by atoms with van der Waals surface area (Å²) in [7, 11) is -17.0. The maximum atomic E-state index is 10.8. The molecule has 1 rings (SSSR count). The van der Waals surface area contributed by atoms with Gasteiger partial charge in [0.1, 0.15) is 36.6 Å². The number of hydrogen-bond acceptors (Lipinski definition) is 12. The molecule has 0 amide bonds. The molecule has 0 bridgehead atoms. The van der Waals surface area contributed by atoms with Crippen LogP contribution in [0.5, 0.6) is 0 Å². The van der Waals surface area contributed by atoms with Crippen LogP contribution in [-0.2, 0) is 27.3 Å². The molecule has 1 saturated carbocycles. The first-order chi connectivity index (χ1) is 10.5. The zero-order valence-electron chi connectivity index (χ0n) is 14.2. The van der Waals surface area contributed by atoms with Gasteiger partial charge in [-0.1, -0.05) is 0 Å². The molecule has 1 aliphatic carbocycles. The van der Waals surface area contributed by atoms with Gasteiger partial charge >= 0.3 is 88.7 Å². The summed E-state index contributed by atoms with van der Waals surface area (Å²) in [5.41, 5.74) is 0. The molecule has 9 atom stereocenters. The average Bonchev–Trinajstić information content (AvgIpc) is 2.32. The zero-order valence-corrected chi connectivity index (χ0v) is 22.8. The molecule has 21 heteroatoms. The second kappa shape index (κ2) is 13.0. The topological polar surface area (TPSA) is 269 Å². The van der Waals surface area contributed by atoms with Gasteiger partial charge in [0, 0.05) is 0 Å². The van der Waals surface area contributed by atoms with E-state index in [1.54, 1.807) is 0 Å². The van der Waals surface area contributed by atoms with E-state index in [-0.39, 0.29) is 88.7 Å². The van der Waals surface area contributed by atoms with Gasteiger partial charge in [0.05, 0.1) is 0 Å². The normalized spacial score (nSPS) is 37.2. The number of hydrogen-bond donors (Lipinski definition) is 6. The summed E-state index contributed by atoms with van der Waals surface area (Å²) in [4.78, 5) is 58.0. The van der Waals surface area contributed by atoms with Gasteiger partial charge in [-0.25, -0.2) is 0 Å². The van der Waals surface area contributed by atoms with Crippen molar-refractivity contribution in [2.24, 2.45) is 0 Å². The molecule has 6 N–H and O–H groups in total. The molecule has 15 nitrogen and oxygen atoms in total. The smallest absolute Gasteiger partial charge is 0.756 e. The van der Waals surface area contributed by atoms with Crippen molar-refractivity contribution in [1.29, 1.82) is 0 Å². The number of phosphoric acid groups is 3. The largest absolute Gasteiger partial charge is 1.00 e. The third-order valence-corrected chi connectivity index (χ3v) is 4.31. The molecule has 27 heavy (non-hydrogen) atoms. The summed E-state index contributed by atoms with van der Waals surface area (Å²) >= 11 is 0. The van der Waals surface area contributed by atoms with Crippen molar-refractivity contribution in [3.8, 4) is 0 Å². The van der Waals surface area contributed by atoms with Crippen LogP contribution in [0, 0.1) is 0 Å². The van der Waals surface area contributed by atoms with E-state index >= 15 is 0 Å². The fourth-order valence-electron chi connectivity index (χ4n) is 2.00. The van der Waals surface area contributed by atoms with E-state index in [1.165, 1.54) is 0 Å². The number of rotatable bonds is 6. The first kappa shape index (κ1) is 34.8. The summed E-state index contributed by atoms with van der Waals surface area (Å²) in [6.45, 7) is 0. The van der Waals surface area contributed by atoms with E-state index in [9.17, 15) is 43.7 Å². The SMILES string of the molecule is O=P([O-])(O)O[C@H]1[C@H](O)[C@@H](O)[C@H](OP(=O)([O-])O)[C@@H](OP(=O)([O-])O)[C@H]1O.[Na+].[Na+].[Na+]. The number of aliphatic hydroxyl groups is 3. The summed E-state index contributed by atoms with van der Waals surface area (Å²) in [5, 5.41) is 29.1. The second-order valence-electron chi connectivity index (χ2n) is 4.59. The molecule has 3 unspecified atom stereocenters. The van der Waals surface area contributed by atoms with Crippen molar-refractivity contribution in [3.63, 3.8) is 0 Å². The Bertz CT molecular complexity index is 587. The third-order valence-electron chi connectivity index (χ3n) is 2.78. The van der Waals surface area contributed by atoms with E-state index in [0.717, 1.165) is 0 Å². The first-order valence-corrected chi connectivity index (χ1v) is 10.2. The van der Waals surface area contributed by atoms with Crippen molar-refractivity contribution in [1.82, 2.24) is 0 Å². The summed E-state index contributed by atoms with van der Waals surface area (Å²) in [6, 6.07) is 0. The van der Waals surface area contributed by atoms with Crippen molar-refractivity contribution < 1.29 is 161 Å². The van der Waals surface area contributed by atoms with Crippen molar-refractivity contribution in [2.45, 2.75) is 36.6 Å². The van der Waals surface area contributed by atoms with E-state index in [1.807, 2.05) is 0 Å². The number of phosphoric ester groups is 3. The third kappa shape index (κ3) is 12.1. The van der Waals surface area contributed by atoms with E-state index in [0.29, 0.717) is 0 Å². The fraction of sp³-hybridized carbons (Fsp3) is 1.00. The van der Waals surface area contributed by atoms with Gasteiger partial charge in [0.25, 0.3) is 23.5 Å². The summed E-state index contributed by atoms with van der Waals surface area (Å²) in [6.07, 6.45) is -15.0. The Balaban J connectivity index is -0.00000192. The van der Waals surface area contributed by atoms with Crippen LogP contribution < -0.4 is 103 Å². The van der Waals surface area contributed by atoms with Crippen LogP contribution in [0.1, 0.15) is 0 Å². The van der Waals surface area contributed by atoms with E-state index in [2.05, 4.69) is 13.6 Å². The molecule has 0 aromatic rings. The minimum atomic E-state index is -5.72. The molecule has 1 aliphatic rings. The maximum Gasteiger partial charge on any atom is 1.00 e. The molecule has 0 spiro atoms. The zero-order chi connectivity index (χ0) is 19.1. The van der Waals surface area contributed by atoms with Gasteiger partial charge in [-0.3, -0.25) is 13.7 Å². The Labute approximate surface area is 218 Å². The Morgan fingerprint density at radius 3 is 1.07 bits per heavy atom. The summed E-state index contributed by atoms with van der Waals surface area (Å²) < 4.78 is 43.9. The van der Waals surface area contributed by atoms with Crippen LogP contribution in [0.4, 0.5) is 0 Å². The van der Waals surface area contributed by atoms with Gasteiger partial charge < -0.3 is 58.3 Å². The van der Waals surface area contributed by atoms with Crippen molar-refractivity contribution in [3.05, 3.63) is 0 Å². The van der Waals surface area contributed by atoms with Gasteiger partial charge in [0.15, 0.2) is 0 Å². The minimum Gasteiger partial charge on any atom is -0.756 e. The molecule has 0 aromatic carbocycles. The second-order valence-corrected chi connectivity index (χ2v) is 8.03. The Morgan fingerprint density at radius 2 is 0.778 bits per heavy atom. The standard InChI is InChI=1S/C6H15O15P3.3Na/c7-1-2(8)5(20-23(13,14)15)6(21-24(16,17)18)3(9)4(1)19-22(10,11)12;;;/h1-9H,(H2,10,11,12)(H2,13,14,15)(H2,16,17,18);;;/q;3*+1/p-3/t1-,2-,3+,4+,5+,6+;;;/m1.../s1. The molecular formula is C6H12Na3O15P3.